The smallest absolute Gasteiger partial charge is 0.277 e. The summed E-state index contributed by atoms with van der Waals surface area (Å²) in [5, 5.41) is 13.1. The van der Waals surface area contributed by atoms with Gasteiger partial charge in [0, 0.05) is 18.7 Å². The van der Waals surface area contributed by atoms with Gasteiger partial charge in [-0.3, -0.25) is 14.7 Å². The predicted molar refractivity (Wildman–Crippen MR) is 71.7 cm³/mol. The number of nitrogens with one attached hydrogen (secondary N) is 2. The fraction of sp³-hybridized carbons (Fsp3) is 0.333. The number of H-pyrrole nitrogens is 1. The number of rotatable bonds is 5. The Labute approximate surface area is 114 Å². The van der Waals surface area contributed by atoms with Gasteiger partial charge in [-0.25, -0.2) is 4.68 Å². The first-order chi connectivity index (χ1) is 9.61. The molecule has 0 spiro atoms. The van der Waals surface area contributed by atoms with Crippen molar-refractivity contribution < 1.29 is 9.53 Å². The highest BCUT2D eigenvalue weighted by atomic mass is 16.5. The summed E-state index contributed by atoms with van der Waals surface area (Å²) in [7, 11) is 1.53. The molecule has 2 N–H and O–H groups in total. The number of carbonyl (C=O) groups excluding carboxylic acids is 1. The van der Waals surface area contributed by atoms with Crippen molar-refractivity contribution in [2.75, 3.05) is 19.0 Å². The Balaban J connectivity index is 2.18. The highest BCUT2D eigenvalue weighted by Crippen LogP contribution is 2.09. The van der Waals surface area contributed by atoms with Crippen LogP contribution in [-0.2, 0) is 11.3 Å². The molecule has 0 atom stereocenters. The second-order valence-electron chi connectivity index (χ2n) is 4.15. The molecule has 106 valence electrons. The van der Waals surface area contributed by atoms with E-state index in [1.165, 1.54) is 23.9 Å². The number of nitrogens with zero attached hydrogens (tertiary/aromatic N) is 3. The maximum Gasteiger partial charge on any atom is 0.277 e. The van der Waals surface area contributed by atoms with Crippen molar-refractivity contribution in [3.63, 3.8) is 0 Å². The van der Waals surface area contributed by atoms with Crippen molar-refractivity contribution in [3.8, 4) is 0 Å². The Kier molecular flexibility index (Phi) is 4.26. The van der Waals surface area contributed by atoms with Gasteiger partial charge >= 0.3 is 0 Å². The lowest BCUT2D eigenvalue weighted by atomic mass is 10.3. The average Bonchev–Trinajstić information content (AvgIpc) is 2.83. The van der Waals surface area contributed by atoms with Gasteiger partial charge in [0.15, 0.2) is 0 Å². The number of hydrogen-bond donors (Lipinski definition) is 2. The first kappa shape index (κ1) is 13.9. The Morgan fingerprint density at radius 1 is 1.50 bits per heavy atom. The van der Waals surface area contributed by atoms with Gasteiger partial charge in [0.2, 0.25) is 0 Å². The van der Waals surface area contributed by atoms with E-state index >= 15 is 0 Å². The Morgan fingerprint density at radius 3 is 2.95 bits per heavy atom. The lowest BCUT2D eigenvalue weighted by molar-refractivity contribution is 0.101. The van der Waals surface area contributed by atoms with Crippen molar-refractivity contribution in [2.45, 2.75) is 13.5 Å². The summed E-state index contributed by atoms with van der Waals surface area (Å²) in [5.74, 6) is 0.0926. The molecule has 8 nitrogen and oxygen atoms in total. The van der Waals surface area contributed by atoms with Crippen LogP contribution in [0, 0.1) is 6.92 Å². The predicted octanol–water partition coefficient (Wildman–Crippen LogP) is 0.174. The Hall–Kier alpha value is -2.48. The standard InChI is InChI=1S/C12H15N5O3/c1-8-7-13-15-11(8)14-12(19)9-3-4-10(18)17(16-9)5-6-20-2/h3-4,7H,5-6H2,1-2H3,(H2,13,14,15,19). The molecule has 2 aromatic rings. The van der Waals surface area contributed by atoms with Gasteiger partial charge < -0.3 is 10.1 Å². The molecular formula is C12H15N5O3. The normalized spacial score (nSPS) is 10.5. The van der Waals surface area contributed by atoms with E-state index < -0.39 is 5.91 Å². The van der Waals surface area contributed by atoms with E-state index in [0.717, 1.165) is 5.56 Å². The maximum atomic E-state index is 12.0. The van der Waals surface area contributed by atoms with Crippen molar-refractivity contribution in [1.29, 1.82) is 0 Å². The number of carbonyl (C=O) groups is 1. The van der Waals surface area contributed by atoms with Gasteiger partial charge in [-0.15, -0.1) is 0 Å². The summed E-state index contributed by atoms with van der Waals surface area (Å²) in [6, 6.07) is 2.68. The topological polar surface area (TPSA) is 102 Å². The molecule has 0 radical (unpaired) electrons. The molecule has 0 aliphatic heterocycles. The highest BCUT2D eigenvalue weighted by Gasteiger charge is 2.12. The summed E-state index contributed by atoms with van der Waals surface area (Å²) < 4.78 is 6.08. The molecule has 0 bridgehead atoms. The summed E-state index contributed by atoms with van der Waals surface area (Å²) in [5.41, 5.74) is 0.678. The third-order valence-corrected chi connectivity index (χ3v) is 2.67. The minimum Gasteiger partial charge on any atom is -0.383 e. The second kappa shape index (κ2) is 6.11. The molecule has 2 aromatic heterocycles. The number of amides is 1. The molecule has 1 amide bonds. The van der Waals surface area contributed by atoms with E-state index in [2.05, 4.69) is 20.6 Å². The Bertz CT molecular complexity index is 661. The monoisotopic (exact) mass is 277 g/mol. The van der Waals surface area contributed by atoms with Crippen LogP contribution in [0.2, 0.25) is 0 Å². The number of anilines is 1. The number of ether oxygens (including phenoxy) is 1. The minimum absolute atomic E-state index is 0.148. The van der Waals surface area contributed by atoms with Gasteiger partial charge in [0.05, 0.1) is 19.3 Å². The Morgan fingerprint density at radius 2 is 2.30 bits per heavy atom. The van der Waals surface area contributed by atoms with Crippen molar-refractivity contribution in [2.24, 2.45) is 0 Å². The zero-order valence-electron chi connectivity index (χ0n) is 11.2. The highest BCUT2D eigenvalue weighted by molar-refractivity contribution is 6.02. The molecule has 0 aliphatic carbocycles. The van der Waals surface area contributed by atoms with Gasteiger partial charge in [0.1, 0.15) is 11.5 Å². The number of methoxy groups -OCH3 is 1. The number of aromatic nitrogens is 4. The van der Waals surface area contributed by atoms with E-state index in [0.29, 0.717) is 19.0 Å². The third-order valence-electron chi connectivity index (χ3n) is 2.67. The first-order valence-corrected chi connectivity index (χ1v) is 6.00. The van der Waals surface area contributed by atoms with Crippen LogP contribution < -0.4 is 10.9 Å². The van der Waals surface area contributed by atoms with E-state index in [1.807, 2.05) is 6.92 Å². The molecule has 2 heterocycles. The van der Waals surface area contributed by atoms with E-state index in [9.17, 15) is 9.59 Å². The van der Waals surface area contributed by atoms with E-state index in [4.69, 9.17) is 4.74 Å². The number of aryl methyl sites for hydroxylation is 1. The molecule has 0 saturated heterocycles. The largest absolute Gasteiger partial charge is 0.383 e. The molecule has 2 rings (SSSR count). The van der Waals surface area contributed by atoms with E-state index in [-0.39, 0.29) is 11.3 Å². The summed E-state index contributed by atoms with van der Waals surface area (Å²) >= 11 is 0. The van der Waals surface area contributed by atoms with Crippen LogP contribution in [0.5, 0.6) is 0 Å². The SMILES string of the molecule is COCCn1nc(C(=O)Nc2[nH]ncc2C)ccc1=O. The quantitative estimate of drug-likeness (QED) is 0.811. The van der Waals surface area contributed by atoms with Crippen LogP contribution in [0.1, 0.15) is 16.1 Å². The van der Waals surface area contributed by atoms with Crippen molar-refractivity contribution in [1.82, 2.24) is 20.0 Å². The third kappa shape index (κ3) is 3.09. The van der Waals surface area contributed by atoms with Gasteiger partial charge in [-0.2, -0.15) is 10.2 Å². The van der Waals surface area contributed by atoms with Crippen LogP contribution >= 0.6 is 0 Å². The fourth-order valence-electron chi connectivity index (χ4n) is 1.56. The molecule has 20 heavy (non-hydrogen) atoms. The van der Waals surface area contributed by atoms with Crippen LogP contribution in [-0.4, -0.2) is 39.6 Å². The lowest BCUT2D eigenvalue weighted by Crippen LogP contribution is -2.27. The van der Waals surface area contributed by atoms with E-state index in [1.54, 1.807) is 6.20 Å². The molecular weight excluding hydrogens is 262 g/mol. The maximum absolute atomic E-state index is 12.0. The molecule has 8 heteroatoms. The summed E-state index contributed by atoms with van der Waals surface area (Å²) in [6.45, 7) is 2.45. The second-order valence-corrected chi connectivity index (χ2v) is 4.15. The van der Waals surface area contributed by atoms with Gasteiger partial charge in [-0.1, -0.05) is 0 Å². The van der Waals surface area contributed by atoms with Crippen molar-refractivity contribution >= 4 is 11.7 Å². The zero-order valence-corrected chi connectivity index (χ0v) is 11.2. The molecule has 0 unspecified atom stereocenters. The molecule has 0 aromatic carbocycles. The van der Waals surface area contributed by atoms with Crippen molar-refractivity contribution in [3.05, 3.63) is 39.9 Å². The molecule has 0 fully saturated rings. The van der Waals surface area contributed by atoms with Crippen LogP contribution in [0.15, 0.2) is 23.1 Å². The van der Waals surface area contributed by atoms with Crippen LogP contribution in [0.25, 0.3) is 0 Å². The van der Waals surface area contributed by atoms with Crippen LogP contribution in [0.3, 0.4) is 0 Å². The summed E-state index contributed by atoms with van der Waals surface area (Å²) in [6.07, 6.45) is 1.60. The fourth-order valence-corrected chi connectivity index (χ4v) is 1.56. The van der Waals surface area contributed by atoms with Crippen LogP contribution in [0.4, 0.5) is 5.82 Å². The minimum atomic E-state index is -0.413. The number of aromatic amines is 1. The summed E-state index contributed by atoms with van der Waals surface area (Å²) in [4.78, 5) is 23.6. The number of hydrogen-bond acceptors (Lipinski definition) is 5. The molecule has 0 aliphatic rings. The van der Waals surface area contributed by atoms with Gasteiger partial charge in [-0.05, 0) is 13.0 Å². The molecule has 0 saturated carbocycles. The first-order valence-electron chi connectivity index (χ1n) is 6.00. The lowest BCUT2D eigenvalue weighted by Gasteiger charge is -2.06. The zero-order chi connectivity index (χ0) is 14.5. The van der Waals surface area contributed by atoms with Gasteiger partial charge in [0.25, 0.3) is 11.5 Å². The average molecular weight is 277 g/mol.